The Morgan fingerprint density at radius 3 is 2.92 bits per heavy atom. The molecule has 1 aromatic heterocycles. The lowest BCUT2D eigenvalue weighted by molar-refractivity contribution is -0.158. The lowest BCUT2D eigenvalue weighted by Crippen LogP contribution is -2.57. The zero-order valence-corrected chi connectivity index (χ0v) is 13.9. The highest BCUT2D eigenvalue weighted by Gasteiger charge is 2.38. The second-order valence-electron chi connectivity index (χ2n) is 6.31. The van der Waals surface area contributed by atoms with E-state index in [1.807, 2.05) is 31.2 Å². The first-order valence-electron chi connectivity index (χ1n) is 8.16. The van der Waals surface area contributed by atoms with E-state index in [0.29, 0.717) is 26.1 Å². The first-order chi connectivity index (χ1) is 11.6. The Balaban J connectivity index is 1.72. The van der Waals surface area contributed by atoms with E-state index in [1.165, 1.54) is 0 Å². The van der Waals surface area contributed by atoms with Crippen molar-refractivity contribution in [1.29, 1.82) is 0 Å². The molecule has 24 heavy (non-hydrogen) atoms. The molecular formula is C18H23N3O3. The van der Waals surface area contributed by atoms with Crippen LogP contribution in [0, 0.1) is 6.92 Å². The minimum absolute atomic E-state index is 0.00962. The van der Waals surface area contributed by atoms with E-state index >= 15 is 0 Å². The molecule has 1 atom stereocenters. The van der Waals surface area contributed by atoms with Gasteiger partial charge in [-0.05, 0) is 24.1 Å². The van der Waals surface area contributed by atoms with Gasteiger partial charge in [0.05, 0.1) is 19.8 Å². The van der Waals surface area contributed by atoms with Gasteiger partial charge in [-0.25, -0.2) is 0 Å². The summed E-state index contributed by atoms with van der Waals surface area (Å²) in [6.07, 6.45) is 4.01. The maximum Gasteiger partial charge on any atom is 0.244 e. The summed E-state index contributed by atoms with van der Waals surface area (Å²) >= 11 is 0. The molecule has 128 valence electrons. The standard InChI is InChI=1S/C18H23N3O3/c1-15-5-2-3-6-16(15)11-18(14-22)13-20(9-10-24-18)17(23)12-21-8-4-7-19-21/h2-8,22H,9-14H2,1H3. The number of hydrogen-bond acceptors (Lipinski definition) is 4. The number of aryl methyl sites for hydroxylation is 1. The second kappa shape index (κ2) is 7.15. The fourth-order valence-electron chi connectivity index (χ4n) is 3.10. The Hall–Kier alpha value is -2.18. The van der Waals surface area contributed by atoms with Gasteiger partial charge in [-0.2, -0.15) is 5.10 Å². The molecule has 0 bridgehead atoms. The molecular weight excluding hydrogens is 306 g/mol. The number of ether oxygens (including phenoxy) is 1. The summed E-state index contributed by atoms with van der Waals surface area (Å²) in [5, 5.41) is 14.0. The van der Waals surface area contributed by atoms with E-state index in [2.05, 4.69) is 5.10 Å². The Bertz CT molecular complexity index is 687. The van der Waals surface area contributed by atoms with Gasteiger partial charge in [0, 0.05) is 25.4 Å². The largest absolute Gasteiger partial charge is 0.393 e. The Morgan fingerprint density at radius 2 is 2.21 bits per heavy atom. The van der Waals surface area contributed by atoms with Crippen LogP contribution in [0.4, 0.5) is 0 Å². The maximum atomic E-state index is 12.5. The summed E-state index contributed by atoms with van der Waals surface area (Å²) in [5.74, 6) is -0.00962. The van der Waals surface area contributed by atoms with Crippen molar-refractivity contribution in [1.82, 2.24) is 14.7 Å². The Morgan fingerprint density at radius 1 is 1.38 bits per heavy atom. The van der Waals surface area contributed by atoms with Crippen molar-refractivity contribution < 1.29 is 14.6 Å². The molecule has 2 aromatic rings. The molecule has 1 aromatic carbocycles. The van der Waals surface area contributed by atoms with Crippen molar-refractivity contribution in [3.63, 3.8) is 0 Å². The van der Waals surface area contributed by atoms with Crippen molar-refractivity contribution >= 4 is 5.91 Å². The number of carbonyl (C=O) groups is 1. The predicted octanol–water partition coefficient (Wildman–Crippen LogP) is 1.02. The van der Waals surface area contributed by atoms with E-state index in [9.17, 15) is 9.90 Å². The molecule has 1 amide bonds. The first-order valence-corrected chi connectivity index (χ1v) is 8.16. The minimum atomic E-state index is -0.746. The van der Waals surface area contributed by atoms with Gasteiger partial charge in [-0.15, -0.1) is 0 Å². The molecule has 3 rings (SSSR count). The highest BCUT2D eigenvalue weighted by molar-refractivity contribution is 5.76. The summed E-state index contributed by atoms with van der Waals surface area (Å²) in [6.45, 7) is 3.49. The molecule has 6 nitrogen and oxygen atoms in total. The summed E-state index contributed by atoms with van der Waals surface area (Å²) in [5.41, 5.74) is 1.55. The third-order valence-corrected chi connectivity index (χ3v) is 4.52. The average molecular weight is 329 g/mol. The van der Waals surface area contributed by atoms with E-state index < -0.39 is 5.60 Å². The van der Waals surface area contributed by atoms with Gasteiger partial charge in [0.1, 0.15) is 12.1 Å². The van der Waals surface area contributed by atoms with Crippen molar-refractivity contribution in [2.24, 2.45) is 0 Å². The van der Waals surface area contributed by atoms with Crippen LogP contribution in [0.3, 0.4) is 0 Å². The molecule has 1 aliphatic heterocycles. The molecule has 0 radical (unpaired) electrons. The topological polar surface area (TPSA) is 67.6 Å². The number of hydrogen-bond donors (Lipinski definition) is 1. The highest BCUT2D eigenvalue weighted by atomic mass is 16.5. The number of morpholine rings is 1. The van der Waals surface area contributed by atoms with Gasteiger partial charge >= 0.3 is 0 Å². The number of aromatic nitrogens is 2. The third kappa shape index (κ3) is 3.66. The molecule has 0 saturated carbocycles. The van der Waals surface area contributed by atoms with Crippen molar-refractivity contribution in [2.75, 3.05) is 26.3 Å². The van der Waals surface area contributed by atoms with E-state index in [0.717, 1.165) is 11.1 Å². The summed E-state index contributed by atoms with van der Waals surface area (Å²) in [7, 11) is 0. The Labute approximate surface area is 141 Å². The molecule has 1 saturated heterocycles. The summed E-state index contributed by atoms with van der Waals surface area (Å²) < 4.78 is 7.53. The average Bonchev–Trinajstić information content (AvgIpc) is 3.10. The van der Waals surface area contributed by atoms with E-state index in [-0.39, 0.29) is 19.1 Å². The lowest BCUT2D eigenvalue weighted by atomic mass is 9.91. The first kappa shape index (κ1) is 16.7. The number of rotatable bonds is 5. The van der Waals surface area contributed by atoms with Crippen LogP contribution in [-0.2, 0) is 22.5 Å². The Kier molecular flexibility index (Phi) is 4.97. The van der Waals surface area contributed by atoms with Crippen molar-refractivity contribution in [3.8, 4) is 0 Å². The van der Waals surface area contributed by atoms with Crippen LogP contribution in [0.25, 0.3) is 0 Å². The van der Waals surface area contributed by atoms with Gasteiger partial charge in [-0.1, -0.05) is 24.3 Å². The third-order valence-electron chi connectivity index (χ3n) is 4.52. The molecule has 0 aliphatic carbocycles. The SMILES string of the molecule is Cc1ccccc1CC1(CO)CN(C(=O)Cn2cccn2)CCO1. The van der Waals surface area contributed by atoms with Crippen LogP contribution < -0.4 is 0 Å². The van der Waals surface area contributed by atoms with Gasteiger partial charge in [0.25, 0.3) is 0 Å². The molecule has 1 aliphatic rings. The normalized spacial score (nSPS) is 21.0. The fraction of sp³-hybridized carbons (Fsp3) is 0.444. The van der Waals surface area contributed by atoms with Crippen LogP contribution in [0.15, 0.2) is 42.7 Å². The van der Waals surface area contributed by atoms with Crippen LogP contribution in [0.2, 0.25) is 0 Å². The molecule has 6 heteroatoms. The van der Waals surface area contributed by atoms with Crippen LogP contribution in [0.5, 0.6) is 0 Å². The van der Waals surface area contributed by atoms with Crippen LogP contribution >= 0.6 is 0 Å². The minimum Gasteiger partial charge on any atom is -0.393 e. The summed E-state index contributed by atoms with van der Waals surface area (Å²) in [4.78, 5) is 14.3. The van der Waals surface area contributed by atoms with Crippen molar-refractivity contribution in [2.45, 2.75) is 25.5 Å². The van der Waals surface area contributed by atoms with Gasteiger partial charge in [0.2, 0.25) is 5.91 Å². The van der Waals surface area contributed by atoms with Gasteiger partial charge in [-0.3, -0.25) is 9.48 Å². The number of aliphatic hydroxyl groups is 1. The maximum absolute atomic E-state index is 12.5. The summed E-state index contributed by atoms with van der Waals surface area (Å²) in [6, 6.07) is 9.86. The molecule has 1 fully saturated rings. The fourth-order valence-corrected chi connectivity index (χ4v) is 3.10. The number of carbonyl (C=O) groups excluding carboxylic acids is 1. The highest BCUT2D eigenvalue weighted by Crippen LogP contribution is 2.24. The van der Waals surface area contributed by atoms with Crippen LogP contribution in [0.1, 0.15) is 11.1 Å². The van der Waals surface area contributed by atoms with Crippen LogP contribution in [-0.4, -0.2) is 57.6 Å². The second-order valence-corrected chi connectivity index (χ2v) is 6.31. The monoisotopic (exact) mass is 329 g/mol. The molecule has 1 N–H and O–H groups in total. The number of benzene rings is 1. The smallest absolute Gasteiger partial charge is 0.244 e. The lowest BCUT2D eigenvalue weighted by Gasteiger charge is -2.42. The van der Waals surface area contributed by atoms with Crippen molar-refractivity contribution in [3.05, 3.63) is 53.9 Å². The zero-order chi connectivity index (χ0) is 17.0. The molecule has 2 heterocycles. The van der Waals surface area contributed by atoms with Gasteiger partial charge in [0.15, 0.2) is 0 Å². The predicted molar refractivity (Wildman–Crippen MR) is 89.5 cm³/mol. The van der Waals surface area contributed by atoms with E-state index in [4.69, 9.17) is 4.74 Å². The zero-order valence-electron chi connectivity index (χ0n) is 13.9. The number of amides is 1. The molecule has 1 unspecified atom stereocenters. The quantitative estimate of drug-likeness (QED) is 0.889. The number of nitrogens with zero attached hydrogens (tertiary/aromatic N) is 3. The van der Waals surface area contributed by atoms with Gasteiger partial charge < -0.3 is 14.7 Å². The molecule has 0 spiro atoms. The number of aliphatic hydroxyl groups excluding tert-OH is 1. The van der Waals surface area contributed by atoms with E-state index in [1.54, 1.807) is 28.0 Å².